The van der Waals surface area contributed by atoms with Crippen molar-refractivity contribution < 1.29 is 4.74 Å². The van der Waals surface area contributed by atoms with Gasteiger partial charge in [0.25, 0.3) is 0 Å². The minimum absolute atomic E-state index is 0. The van der Waals surface area contributed by atoms with Crippen LogP contribution < -0.4 is 15.4 Å². The predicted octanol–water partition coefficient (Wildman–Crippen LogP) is 4.56. The Balaban J connectivity index is 0.00000320. The van der Waals surface area contributed by atoms with Gasteiger partial charge in [0.15, 0.2) is 5.96 Å². The molecule has 2 aromatic rings. The van der Waals surface area contributed by atoms with Crippen LogP contribution in [0, 0.1) is 5.92 Å². The van der Waals surface area contributed by atoms with Gasteiger partial charge in [-0.15, -0.1) is 35.3 Å². The monoisotopic (exact) mass is 542 g/mol. The van der Waals surface area contributed by atoms with Gasteiger partial charge >= 0.3 is 0 Å². The van der Waals surface area contributed by atoms with E-state index >= 15 is 0 Å². The summed E-state index contributed by atoms with van der Waals surface area (Å²) in [5, 5.41) is 9.07. The molecule has 2 N–H and O–H groups in total. The third kappa shape index (κ3) is 7.13. The molecule has 1 aliphatic heterocycles. The van der Waals surface area contributed by atoms with E-state index in [4.69, 9.17) is 9.73 Å². The zero-order chi connectivity index (χ0) is 20.5. The number of guanidine groups is 1. The van der Waals surface area contributed by atoms with E-state index < -0.39 is 0 Å². The Labute approximate surface area is 202 Å². The molecular weight excluding hydrogens is 507 g/mol. The number of piperidine rings is 1. The number of hydrogen-bond donors (Lipinski definition) is 2. The lowest BCUT2D eigenvalue weighted by molar-refractivity contribution is 0.128. The lowest BCUT2D eigenvalue weighted by Gasteiger charge is -2.38. The van der Waals surface area contributed by atoms with Crippen molar-refractivity contribution in [2.24, 2.45) is 10.9 Å². The van der Waals surface area contributed by atoms with Gasteiger partial charge in [-0.3, -0.25) is 9.89 Å². The summed E-state index contributed by atoms with van der Waals surface area (Å²) in [5.74, 6) is 2.37. The van der Waals surface area contributed by atoms with Crippen LogP contribution in [0.2, 0.25) is 0 Å². The topological polar surface area (TPSA) is 48.9 Å². The molecule has 30 heavy (non-hydrogen) atoms. The fourth-order valence-corrected chi connectivity index (χ4v) is 5.05. The molecule has 0 amide bonds. The molecule has 0 saturated carbocycles. The zero-order valence-electron chi connectivity index (χ0n) is 18.3. The highest BCUT2D eigenvalue weighted by atomic mass is 127. The summed E-state index contributed by atoms with van der Waals surface area (Å²) in [6, 6.07) is 13.2. The van der Waals surface area contributed by atoms with Crippen molar-refractivity contribution in [2.45, 2.75) is 32.2 Å². The number of rotatable bonds is 8. The van der Waals surface area contributed by atoms with E-state index in [1.165, 1.54) is 29.8 Å². The fourth-order valence-electron chi connectivity index (χ4n) is 4.06. The van der Waals surface area contributed by atoms with E-state index in [-0.39, 0.29) is 24.0 Å². The van der Waals surface area contributed by atoms with Crippen LogP contribution in [0.3, 0.4) is 0 Å². The number of hydrogen-bond acceptors (Lipinski definition) is 4. The molecule has 7 heteroatoms. The van der Waals surface area contributed by atoms with Gasteiger partial charge in [0.2, 0.25) is 0 Å². The maximum Gasteiger partial charge on any atom is 0.191 e. The number of halogens is 1. The third-order valence-electron chi connectivity index (χ3n) is 5.51. The first-order valence-corrected chi connectivity index (χ1v) is 11.5. The van der Waals surface area contributed by atoms with E-state index in [0.717, 1.165) is 37.8 Å². The van der Waals surface area contributed by atoms with Gasteiger partial charge in [-0.05, 0) is 74.8 Å². The summed E-state index contributed by atoms with van der Waals surface area (Å²) in [5.41, 5.74) is 1.26. The molecule has 1 aromatic carbocycles. The lowest BCUT2D eigenvalue weighted by Crippen LogP contribution is -2.40. The van der Waals surface area contributed by atoms with Crippen molar-refractivity contribution in [3.8, 4) is 5.75 Å². The van der Waals surface area contributed by atoms with E-state index in [1.54, 1.807) is 7.11 Å². The van der Waals surface area contributed by atoms with E-state index in [9.17, 15) is 0 Å². The number of nitrogens with one attached hydrogen (secondary N) is 2. The SMILES string of the molecule is CCNC(=NCC1CCCN(C)C1c1cccs1)NCCc1cccc(OC)c1.I. The van der Waals surface area contributed by atoms with Crippen LogP contribution in [-0.2, 0) is 6.42 Å². The first kappa shape index (κ1) is 24.9. The Morgan fingerprint density at radius 2 is 2.13 bits per heavy atom. The molecule has 2 heterocycles. The van der Waals surface area contributed by atoms with Crippen molar-refractivity contribution in [2.75, 3.05) is 40.3 Å². The molecule has 0 spiro atoms. The van der Waals surface area contributed by atoms with Crippen LogP contribution in [0.15, 0.2) is 46.8 Å². The van der Waals surface area contributed by atoms with E-state index in [2.05, 4.69) is 59.2 Å². The third-order valence-corrected chi connectivity index (χ3v) is 6.45. The largest absolute Gasteiger partial charge is 0.497 e. The van der Waals surface area contributed by atoms with Crippen LogP contribution in [-0.4, -0.2) is 51.2 Å². The van der Waals surface area contributed by atoms with Gasteiger partial charge < -0.3 is 15.4 Å². The second-order valence-corrected chi connectivity index (χ2v) is 8.57. The first-order valence-electron chi connectivity index (χ1n) is 10.6. The lowest BCUT2D eigenvalue weighted by atomic mass is 9.88. The van der Waals surface area contributed by atoms with Gasteiger partial charge in [-0.2, -0.15) is 0 Å². The highest BCUT2D eigenvalue weighted by molar-refractivity contribution is 14.0. The number of thiophene rings is 1. The maximum absolute atomic E-state index is 5.32. The molecule has 1 aliphatic rings. The minimum Gasteiger partial charge on any atom is -0.497 e. The average molecular weight is 543 g/mol. The van der Waals surface area contributed by atoms with Crippen LogP contribution in [0.5, 0.6) is 5.75 Å². The Morgan fingerprint density at radius 3 is 2.87 bits per heavy atom. The van der Waals surface area contributed by atoms with Crippen LogP contribution in [0.1, 0.15) is 36.2 Å². The standard InChI is InChI=1S/C23H34N4OS.HI/c1-4-24-23(25-13-12-18-8-5-10-20(16-18)28-3)26-17-19-9-6-14-27(2)22(19)21-11-7-15-29-21;/h5,7-8,10-11,15-16,19,22H,4,6,9,12-14,17H2,1-3H3,(H2,24,25,26);1H. The second kappa shape index (κ2) is 13.2. The van der Waals surface area contributed by atoms with Gasteiger partial charge in [0.05, 0.1) is 7.11 Å². The summed E-state index contributed by atoms with van der Waals surface area (Å²) in [6.45, 7) is 5.84. The Morgan fingerprint density at radius 1 is 1.27 bits per heavy atom. The van der Waals surface area contributed by atoms with Gasteiger partial charge in [-0.25, -0.2) is 0 Å². The normalized spacial score (nSPS) is 19.8. The van der Waals surface area contributed by atoms with Gasteiger partial charge in [0.1, 0.15) is 5.75 Å². The molecule has 0 bridgehead atoms. The Kier molecular flexibility index (Phi) is 11.0. The fraction of sp³-hybridized carbons (Fsp3) is 0.522. The molecule has 3 rings (SSSR count). The molecule has 2 atom stereocenters. The highest BCUT2D eigenvalue weighted by Gasteiger charge is 2.31. The van der Waals surface area contributed by atoms with Crippen molar-refractivity contribution in [1.82, 2.24) is 15.5 Å². The van der Waals surface area contributed by atoms with Gasteiger partial charge in [0, 0.05) is 30.6 Å². The minimum atomic E-state index is 0. The second-order valence-electron chi connectivity index (χ2n) is 7.59. The maximum atomic E-state index is 5.32. The van der Waals surface area contributed by atoms with Crippen molar-refractivity contribution in [3.63, 3.8) is 0 Å². The number of benzene rings is 1. The summed E-state index contributed by atoms with van der Waals surface area (Å²) in [7, 11) is 3.96. The molecule has 0 aliphatic carbocycles. The van der Waals surface area contributed by atoms with E-state index in [1.807, 2.05) is 23.5 Å². The Bertz CT molecular complexity index is 768. The van der Waals surface area contributed by atoms with Gasteiger partial charge in [-0.1, -0.05) is 18.2 Å². The molecule has 1 aromatic heterocycles. The van der Waals surface area contributed by atoms with Crippen LogP contribution in [0.4, 0.5) is 0 Å². The first-order chi connectivity index (χ1) is 14.2. The smallest absolute Gasteiger partial charge is 0.191 e. The van der Waals surface area contributed by atoms with Crippen molar-refractivity contribution >= 4 is 41.3 Å². The highest BCUT2D eigenvalue weighted by Crippen LogP contribution is 2.37. The summed E-state index contributed by atoms with van der Waals surface area (Å²) < 4.78 is 5.32. The molecule has 1 saturated heterocycles. The summed E-state index contributed by atoms with van der Waals surface area (Å²) in [4.78, 5) is 8.90. The number of aliphatic imine (C=N–C) groups is 1. The molecule has 166 valence electrons. The number of methoxy groups -OCH3 is 1. The van der Waals surface area contributed by atoms with Crippen LogP contribution >= 0.6 is 35.3 Å². The molecule has 0 radical (unpaired) electrons. The molecule has 5 nitrogen and oxygen atoms in total. The van der Waals surface area contributed by atoms with Crippen LogP contribution in [0.25, 0.3) is 0 Å². The molecule has 1 fully saturated rings. The van der Waals surface area contributed by atoms with Crippen molar-refractivity contribution in [3.05, 3.63) is 52.2 Å². The number of likely N-dealkylation sites (tertiary alicyclic amines) is 1. The average Bonchev–Trinajstić information content (AvgIpc) is 3.26. The molecule has 2 unspecified atom stereocenters. The Hall–Kier alpha value is -1.32. The zero-order valence-corrected chi connectivity index (χ0v) is 21.4. The van der Waals surface area contributed by atoms with E-state index in [0.29, 0.717) is 12.0 Å². The number of ether oxygens (including phenoxy) is 1. The number of nitrogens with zero attached hydrogens (tertiary/aromatic N) is 2. The van der Waals surface area contributed by atoms with Crippen molar-refractivity contribution in [1.29, 1.82) is 0 Å². The summed E-state index contributed by atoms with van der Waals surface area (Å²) in [6.07, 6.45) is 3.42. The summed E-state index contributed by atoms with van der Waals surface area (Å²) >= 11 is 1.86. The molecular formula is C23H35IN4OS. The predicted molar refractivity (Wildman–Crippen MR) is 139 cm³/mol. The quantitative estimate of drug-likeness (QED) is 0.292.